The highest BCUT2D eigenvalue weighted by molar-refractivity contribution is 5.69. The molecule has 0 bridgehead atoms. The first kappa shape index (κ1) is 11.3. The van der Waals surface area contributed by atoms with Crippen LogP contribution in [0.15, 0.2) is 12.2 Å². The molecule has 0 aromatic carbocycles. The van der Waals surface area contributed by atoms with Crippen LogP contribution in [0.1, 0.15) is 45.4 Å². The smallest absolute Gasteiger partial charge is 0.305 e. The third kappa shape index (κ3) is 4.45. The van der Waals surface area contributed by atoms with E-state index in [1.165, 1.54) is 19.3 Å². The Morgan fingerprint density at radius 2 is 2.43 bits per heavy atom. The first-order chi connectivity index (χ1) is 6.83. The van der Waals surface area contributed by atoms with Crippen molar-refractivity contribution in [1.29, 1.82) is 0 Å². The van der Waals surface area contributed by atoms with E-state index in [9.17, 15) is 4.79 Å². The van der Waals surface area contributed by atoms with Crippen LogP contribution in [0.2, 0.25) is 0 Å². The van der Waals surface area contributed by atoms with E-state index in [2.05, 4.69) is 12.2 Å². The SMILES string of the molecule is CCOC(=O)CCCC1C=CCCC1. The molecule has 0 saturated carbocycles. The van der Waals surface area contributed by atoms with Gasteiger partial charge in [-0.15, -0.1) is 0 Å². The van der Waals surface area contributed by atoms with E-state index in [0.717, 1.165) is 12.8 Å². The first-order valence-corrected chi connectivity index (χ1v) is 5.65. The zero-order chi connectivity index (χ0) is 10.2. The second-order valence-electron chi connectivity index (χ2n) is 3.82. The summed E-state index contributed by atoms with van der Waals surface area (Å²) in [5.74, 6) is 0.658. The van der Waals surface area contributed by atoms with Crippen LogP contribution >= 0.6 is 0 Å². The minimum Gasteiger partial charge on any atom is -0.466 e. The Morgan fingerprint density at radius 1 is 1.57 bits per heavy atom. The largest absolute Gasteiger partial charge is 0.466 e. The van der Waals surface area contributed by atoms with Gasteiger partial charge in [0, 0.05) is 6.42 Å². The summed E-state index contributed by atoms with van der Waals surface area (Å²) in [5, 5.41) is 0. The Hall–Kier alpha value is -0.790. The highest BCUT2D eigenvalue weighted by Crippen LogP contribution is 2.22. The quantitative estimate of drug-likeness (QED) is 0.499. The summed E-state index contributed by atoms with van der Waals surface area (Å²) in [4.78, 5) is 11.0. The van der Waals surface area contributed by atoms with Gasteiger partial charge in [0.2, 0.25) is 0 Å². The molecule has 0 saturated heterocycles. The molecule has 2 heteroatoms. The van der Waals surface area contributed by atoms with Crippen molar-refractivity contribution < 1.29 is 9.53 Å². The van der Waals surface area contributed by atoms with Crippen molar-refractivity contribution in [2.75, 3.05) is 6.61 Å². The number of hydrogen-bond donors (Lipinski definition) is 0. The van der Waals surface area contributed by atoms with Gasteiger partial charge in [-0.2, -0.15) is 0 Å². The molecule has 0 aliphatic heterocycles. The third-order valence-corrected chi connectivity index (χ3v) is 2.62. The summed E-state index contributed by atoms with van der Waals surface area (Å²) in [6, 6.07) is 0. The molecule has 1 unspecified atom stereocenters. The number of carbonyl (C=O) groups is 1. The van der Waals surface area contributed by atoms with Crippen LogP contribution in [0, 0.1) is 5.92 Å². The monoisotopic (exact) mass is 196 g/mol. The fourth-order valence-electron chi connectivity index (χ4n) is 1.87. The third-order valence-electron chi connectivity index (χ3n) is 2.62. The normalized spacial score (nSPS) is 20.8. The highest BCUT2D eigenvalue weighted by atomic mass is 16.5. The maximum atomic E-state index is 11.0. The predicted molar refractivity (Wildman–Crippen MR) is 57.0 cm³/mol. The van der Waals surface area contributed by atoms with E-state index < -0.39 is 0 Å². The predicted octanol–water partition coefficient (Wildman–Crippen LogP) is 3.08. The van der Waals surface area contributed by atoms with E-state index in [4.69, 9.17) is 4.74 Å². The second-order valence-corrected chi connectivity index (χ2v) is 3.82. The Bertz CT molecular complexity index is 196. The highest BCUT2D eigenvalue weighted by Gasteiger charge is 2.09. The van der Waals surface area contributed by atoms with Crippen molar-refractivity contribution >= 4 is 5.97 Å². The van der Waals surface area contributed by atoms with Gasteiger partial charge in [0.25, 0.3) is 0 Å². The molecule has 14 heavy (non-hydrogen) atoms. The maximum Gasteiger partial charge on any atom is 0.305 e. The molecule has 0 fully saturated rings. The van der Waals surface area contributed by atoms with E-state index in [1.54, 1.807) is 0 Å². The molecule has 0 radical (unpaired) electrons. The lowest BCUT2D eigenvalue weighted by Gasteiger charge is -2.15. The molecular weight excluding hydrogens is 176 g/mol. The summed E-state index contributed by atoms with van der Waals surface area (Å²) in [5.41, 5.74) is 0. The Labute approximate surface area is 86.3 Å². The first-order valence-electron chi connectivity index (χ1n) is 5.65. The molecule has 80 valence electrons. The summed E-state index contributed by atoms with van der Waals surface area (Å²) in [6.07, 6.45) is 11.1. The fourth-order valence-corrected chi connectivity index (χ4v) is 1.87. The van der Waals surface area contributed by atoms with Gasteiger partial charge in [-0.25, -0.2) is 0 Å². The Morgan fingerprint density at radius 3 is 3.07 bits per heavy atom. The van der Waals surface area contributed by atoms with E-state index >= 15 is 0 Å². The van der Waals surface area contributed by atoms with Gasteiger partial charge >= 0.3 is 5.97 Å². The Balaban J connectivity index is 2.05. The Kier molecular flexibility index (Phi) is 5.35. The lowest BCUT2D eigenvalue weighted by atomic mass is 9.91. The van der Waals surface area contributed by atoms with Crippen molar-refractivity contribution in [2.45, 2.75) is 45.4 Å². The van der Waals surface area contributed by atoms with Gasteiger partial charge in [0.05, 0.1) is 6.61 Å². The molecule has 0 amide bonds. The summed E-state index contributed by atoms with van der Waals surface area (Å²) in [6.45, 7) is 2.35. The number of hydrogen-bond acceptors (Lipinski definition) is 2. The van der Waals surface area contributed by atoms with Crippen LogP contribution in [0.3, 0.4) is 0 Å². The van der Waals surface area contributed by atoms with Crippen LogP contribution in [0.4, 0.5) is 0 Å². The number of allylic oxidation sites excluding steroid dienone is 2. The minimum absolute atomic E-state index is 0.0488. The molecule has 0 spiro atoms. The molecular formula is C12H20O2. The van der Waals surface area contributed by atoms with Crippen LogP contribution in [0.5, 0.6) is 0 Å². The summed E-state index contributed by atoms with van der Waals surface area (Å²) in [7, 11) is 0. The van der Waals surface area contributed by atoms with Crippen LogP contribution in [-0.4, -0.2) is 12.6 Å². The van der Waals surface area contributed by atoms with Crippen molar-refractivity contribution in [3.63, 3.8) is 0 Å². The summed E-state index contributed by atoms with van der Waals surface area (Å²) < 4.78 is 4.87. The average molecular weight is 196 g/mol. The summed E-state index contributed by atoms with van der Waals surface area (Å²) >= 11 is 0. The molecule has 0 N–H and O–H groups in total. The number of ether oxygens (including phenoxy) is 1. The number of carbonyl (C=O) groups excluding carboxylic acids is 1. The second kappa shape index (κ2) is 6.63. The van der Waals surface area contributed by atoms with Crippen molar-refractivity contribution in [3.05, 3.63) is 12.2 Å². The molecule has 2 nitrogen and oxygen atoms in total. The van der Waals surface area contributed by atoms with Gasteiger partial charge in [-0.1, -0.05) is 12.2 Å². The van der Waals surface area contributed by atoms with Crippen LogP contribution in [0.25, 0.3) is 0 Å². The zero-order valence-electron chi connectivity index (χ0n) is 9.00. The molecule has 1 aliphatic carbocycles. The van der Waals surface area contributed by atoms with Gasteiger partial charge < -0.3 is 4.74 Å². The number of rotatable bonds is 5. The molecule has 1 aliphatic rings. The van der Waals surface area contributed by atoms with E-state index in [0.29, 0.717) is 18.9 Å². The van der Waals surface area contributed by atoms with Gasteiger partial charge in [0.1, 0.15) is 0 Å². The maximum absolute atomic E-state index is 11.0. The van der Waals surface area contributed by atoms with Crippen molar-refractivity contribution in [1.82, 2.24) is 0 Å². The van der Waals surface area contributed by atoms with E-state index in [1.807, 2.05) is 6.92 Å². The molecule has 1 atom stereocenters. The standard InChI is InChI=1S/C12H20O2/c1-2-14-12(13)10-6-9-11-7-4-3-5-8-11/h4,7,11H,2-3,5-6,8-10H2,1H3. The topological polar surface area (TPSA) is 26.3 Å². The fraction of sp³-hybridized carbons (Fsp3) is 0.750. The lowest BCUT2D eigenvalue weighted by molar-refractivity contribution is -0.143. The zero-order valence-corrected chi connectivity index (χ0v) is 9.00. The van der Waals surface area contributed by atoms with Gasteiger partial charge in [-0.3, -0.25) is 4.79 Å². The minimum atomic E-state index is -0.0488. The van der Waals surface area contributed by atoms with Crippen molar-refractivity contribution in [3.8, 4) is 0 Å². The van der Waals surface area contributed by atoms with Crippen LogP contribution in [-0.2, 0) is 9.53 Å². The number of esters is 1. The lowest BCUT2D eigenvalue weighted by Crippen LogP contribution is -2.06. The average Bonchev–Trinajstić information content (AvgIpc) is 2.20. The van der Waals surface area contributed by atoms with Crippen LogP contribution < -0.4 is 0 Å². The van der Waals surface area contributed by atoms with Crippen molar-refractivity contribution in [2.24, 2.45) is 5.92 Å². The van der Waals surface area contributed by atoms with Gasteiger partial charge in [0.15, 0.2) is 0 Å². The molecule has 0 heterocycles. The molecule has 0 aromatic heterocycles. The van der Waals surface area contributed by atoms with Gasteiger partial charge in [-0.05, 0) is 44.9 Å². The molecule has 1 rings (SSSR count). The van der Waals surface area contributed by atoms with E-state index in [-0.39, 0.29) is 5.97 Å². The molecule has 0 aromatic rings.